The van der Waals surface area contributed by atoms with Crippen LogP contribution in [0.15, 0.2) is 59.0 Å². The van der Waals surface area contributed by atoms with Crippen LogP contribution in [0.25, 0.3) is 11.0 Å². The number of furan rings is 1. The number of rotatable bonds is 5. The molecule has 3 rings (SSSR count). The van der Waals surface area contributed by atoms with Gasteiger partial charge in [0.2, 0.25) is 10.0 Å². The standard InChI is InChI=1S/C18H18N2O4S/c1-12(17-11-13-7-3-6-10-16(13)24-17)19-18(21)14-8-4-5-9-15(14)20-25(2,22)23/h3-12,20H,1-2H3,(H,19,21). The summed E-state index contributed by atoms with van der Waals surface area (Å²) in [4.78, 5) is 12.6. The lowest BCUT2D eigenvalue weighted by atomic mass is 10.1. The summed E-state index contributed by atoms with van der Waals surface area (Å²) < 4.78 is 31.0. The van der Waals surface area contributed by atoms with E-state index in [9.17, 15) is 13.2 Å². The SMILES string of the molecule is CC(NC(=O)c1ccccc1NS(C)(=O)=O)c1cc2ccccc2o1. The topological polar surface area (TPSA) is 88.4 Å². The van der Waals surface area contributed by atoms with E-state index in [2.05, 4.69) is 10.0 Å². The summed E-state index contributed by atoms with van der Waals surface area (Å²) in [6.07, 6.45) is 1.04. The Labute approximate surface area is 145 Å². The molecule has 7 heteroatoms. The van der Waals surface area contributed by atoms with Crippen molar-refractivity contribution in [2.45, 2.75) is 13.0 Å². The molecule has 0 radical (unpaired) electrons. The van der Waals surface area contributed by atoms with Gasteiger partial charge < -0.3 is 9.73 Å². The number of carbonyl (C=O) groups excluding carboxylic acids is 1. The molecule has 1 unspecified atom stereocenters. The van der Waals surface area contributed by atoms with E-state index < -0.39 is 10.0 Å². The lowest BCUT2D eigenvalue weighted by Gasteiger charge is -2.14. The number of para-hydroxylation sites is 2. The minimum absolute atomic E-state index is 0.235. The predicted octanol–water partition coefficient (Wildman–Crippen LogP) is 3.30. The average molecular weight is 358 g/mol. The summed E-state index contributed by atoms with van der Waals surface area (Å²) in [5.74, 6) is 0.239. The zero-order valence-corrected chi connectivity index (χ0v) is 14.6. The molecule has 0 saturated heterocycles. The Morgan fingerprint density at radius 3 is 2.48 bits per heavy atom. The first-order chi connectivity index (χ1) is 11.8. The van der Waals surface area contributed by atoms with Gasteiger partial charge >= 0.3 is 0 Å². The number of amides is 1. The van der Waals surface area contributed by atoms with Crippen molar-refractivity contribution in [1.29, 1.82) is 0 Å². The van der Waals surface area contributed by atoms with Crippen LogP contribution in [0.1, 0.15) is 29.1 Å². The molecular weight excluding hydrogens is 340 g/mol. The minimum Gasteiger partial charge on any atom is -0.459 e. The van der Waals surface area contributed by atoms with E-state index in [0.29, 0.717) is 5.76 Å². The second kappa shape index (κ2) is 6.60. The van der Waals surface area contributed by atoms with Crippen LogP contribution in [-0.2, 0) is 10.0 Å². The molecule has 130 valence electrons. The number of sulfonamides is 1. The normalized spacial score (nSPS) is 12.7. The Balaban J connectivity index is 1.82. The van der Waals surface area contributed by atoms with Gasteiger partial charge in [-0.05, 0) is 31.2 Å². The van der Waals surface area contributed by atoms with Crippen molar-refractivity contribution in [3.63, 3.8) is 0 Å². The van der Waals surface area contributed by atoms with Gasteiger partial charge in [-0.1, -0.05) is 30.3 Å². The van der Waals surface area contributed by atoms with Gasteiger partial charge in [-0.25, -0.2) is 8.42 Å². The van der Waals surface area contributed by atoms with E-state index in [0.717, 1.165) is 17.2 Å². The molecule has 0 spiro atoms. The molecule has 0 saturated carbocycles. The van der Waals surface area contributed by atoms with E-state index in [1.165, 1.54) is 0 Å². The van der Waals surface area contributed by atoms with Crippen LogP contribution in [-0.4, -0.2) is 20.6 Å². The molecule has 2 N–H and O–H groups in total. The summed E-state index contributed by atoms with van der Waals surface area (Å²) in [6, 6.07) is 15.5. The molecule has 0 fully saturated rings. The van der Waals surface area contributed by atoms with E-state index >= 15 is 0 Å². The highest BCUT2D eigenvalue weighted by Gasteiger charge is 2.18. The average Bonchev–Trinajstić information content (AvgIpc) is 2.98. The number of hydrogen-bond acceptors (Lipinski definition) is 4. The molecule has 1 heterocycles. The number of benzene rings is 2. The summed E-state index contributed by atoms with van der Waals surface area (Å²) >= 11 is 0. The quantitative estimate of drug-likeness (QED) is 0.732. The van der Waals surface area contributed by atoms with Gasteiger partial charge in [0.05, 0.1) is 23.5 Å². The monoisotopic (exact) mass is 358 g/mol. The highest BCUT2D eigenvalue weighted by atomic mass is 32.2. The Morgan fingerprint density at radius 1 is 1.08 bits per heavy atom. The van der Waals surface area contributed by atoms with Crippen molar-refractivity contribution in [3.8, 4) is 0 Å². The van der Waals surface area contributed by atoms with Gasteiger partial charge in [0.15, 0.2) is 0 Å². The number of nitrogens with one attached hydrogen (secondary N) is 2. The van der Waals surface area contributed by atoms with E-state index in [-0.39, 0.29) is 23.2 Å². The summed E-state index contributed by atoms with van der Waals surface area (Å²) in [5, 5.41) is 3.79. The lowest BCUT2D eigenvalue weighted by molar-refractivity contribution is 0.0936. The fourth-order valence-electron chi connectivity index (χ4n) is 2.53. The van der Waals surface area contributed by atoms with Gasteiger partial charge in [0.1, 0.15) is 11.3 Å². The number of fused-ring (bicyclic) bond motifs is 1. The summed E-state index contributed by atoms with van der Waals surface area (Å²) in [5.41, 5.74) is 1.23. The van der Waals surface area contributed by atoms with Crippen LogP contribution in [0, 0.1) is 0 Å². The first-order valence-electron chi connectivity index (χ1n) is 7.69. The van der Waals surface area contributed by atoms with Crippen LogP contribution in [0.3, 0.4) is 0 Å². The molecule has 1 aromatic heterocycles. The van der Waals surface area contributed by atoms with Crippen LogP contribution in [0.4, 0.5) is 5.69 Å². The van der Waals surface area contributed by atoms with Gasteiger partial charge in [-0.2, -0.15) is 0 Å². The summed E-state index contributed by atoms with van der Waals surface area (Å²) in [6.45, 7) is 1.81. The maximum absolute atomic E-state index is 12.6. The highest BCUT2D eigenvalue weighted by Crippen LogP contribution is 2.24. The fourth-order valence-corrected chi connectivity index (χ4v) is 3.11. The molecule has 1 amide bonds. The maximum atomic E-state index is 12.6. The molecular formula is C18H18N2O4S. The largest absolute Gasteiger partial charge is 0.459 e. The van der Waals surface area contributed by atoms with Crippen LogP contribution in [0.5, 0.6) is 0 Å². The van der Waals surface area contributed by atoms with Gasteiger partial charge in [0, 0.05) is 5.39 Å². The Bertz CT molecular complexity index is 991. The lowest BCUT2D eigenvalue weighted by Crippen LogP contribution is -2.27. The Hall–Kier alpha value is -2.80. The van der Waals surface area contributed by atoms with Crippen LogP contribution in [0.2, 0.25) is 0 Å². The molecule has 0 aliphatic carbocycles. The first kappa shape index (κ1) is 17.0. The second-order valence-corrected chi connectivity index (χ2v) is 7.55. The van der Waals surface area contributed by atoms with Crippen molar-refractivity contribution in [2.24, 2.45) is 0 Å². The molecule has 0 aliphatic rings. The van der Waals surface area contributed by atoms with Crippen LogP contribution < -0.4 is 10.0 Å². The minimum atomic E-state index is -3.48. The third-order valence-electron chi connectivity index (χ3n) is 3.69. The smallest absolute Gasteiger partial charge is 0.253 e. The predicted molar refractivity (Wildman–Crippen MR) is 97.0 cm³/mol. The van der Waals surface area contributed by atoms with Crippen molar-refractivity contribution < 1.29 is 17.6 Å². The molecule has 6 nitrogen and oxygen atoms in total. The molecule has 0 bridgehead atoms. The zero-order chi connectivity index (χ0) is 18.0. The number of carbonyl (C=O) groups is 1. The summed E-state index contributed by atoms with van der Waals surface area (Å²) in [7, 11) is -3.48. The van der Waals surface area contributed by atoms with Crippen LogP contribution >= 0.6 is 0 Å². The zero-order valence-electron chi connectivity index (χ0n) is 13.8. The van der Waals surface area contributed by atoms with Gasteiger partial charge in [-0.15, -0.1) is 0 Å². The molecule has 3 aromatic rings. The van der Waals surface area contributed by atoms with E-state index in [1.807, 2.05) is 37.3 Å². The third-order valence-corrected chi connectivity index (χ3v) is 4.28. The van der Waals surface area contributed by atoms with Crippen molar-refractivity contribution in [1.82, 2.24) is 5.32 Å². The van der Waals surface area contributed by atoms with Gasteiger partial charge in [-0.3, -0.25) is 9.52 Å². The third kappa shape index (κ3) is 4.00. The molecule has 2 aromatic carbocycles. The van der Waals surface area contributed by atoms with Crippen molar-refractivity contribution in [2.75, 3.05) is 11.0 Å². The Morgan fingerprint density at radius 2 is 1.76 bits per heavy atom. The van der Waals surface area contributed by atoms with Crippen molar-refractivity contribution >= 4 is 32.6 Å². The number of hydrogen-bond donors (Lipinski definition) is 2. The van der Waals surface area contributed by atoms with E-state index in [4.69, 9.17) is 4.42 Å². The molecule has 1 atom stereocenters. The second-order valence-electron chi connectivity index (χ2n) is 5.80. The van der Waals surface area contributed by atoms with Gasteiger partial charge in [0.25, 0.3) is 5.91 Å². The van der Waals surface area contributed by atoms with Crippen molar-refractivity contribution in [3.05, 3.63) is 65.9 Å². The first-order valence-corrected chi connectivity index (χ1v) is 9.59. The number of anilines is 1. The Kier molecular flexibility index (Phi) is 4.50. The maximum Gasteiger partial charge on any atom is 0.253 e. The van der Waals surface area contributed by atoms with E-state index in [1.54, 1.807) is 24.3 Å². The highest BCUT2D eigenvalue weighted by molar-refractivity contribution is 7.92. The molecule has 0 aliphatic heterocycles. The fraction of sp³-hybridized carbons (Fsp3) is 0.167. The molecule has 25 heavy (non-hydrogen) atoms.